The van der Waals surface area contributed by atoms with E-state index in [0.717, 1.165) is 49.0 Å². The number of anilines is 1. The monoisotopic (exact) mass is 350 g/mol. The first kappa shape index (κ1) is 16.5. The smallest absolute Gasteiger partial charge is 0.273 e. The number of aromatic nitrogens is 1. The molecule has 0 atom stereocenters. The third-order valence-electron chi connectivity index (χ3n) is 3.84. The molecule has 1 saturated heterocycles. The number of nitrogens with one attached hydrogen (secondary N) is 2. The van der Waals surface area contributed by atoms with Crippen LogP contribution in [0.1, 0.15) is 34.0 Å². The van der Waals surface area contributed by atoms with Crippen molar-refractivity contribution in [3.05, 3.63) is 50.8 Å². The molecule has 0 radical (unpaired) electrons. The average Bonchev–Trinajstić information content (AvgIpc) is 3.03. The Kier molecular flexibility index (Phi) is 4.81. The largest absolute Gasteiger partial charge is 0.317 e. The number of nitro benzene ring substituents is 1. The van der Waals surface area contributed by atoms with Gasteiger partial charge in [-0.25, -0.2) is 9.37 Å². The van der Waals surface area contributed by atoms with Gasteiger partial charge in [0, 0.05) is 22.7 Å². The Morgan fingerprint density at radius 1 is 1.38 bits per heavy atom. The van der Waals surface area contributed by atoms with E-state index in [1.807, 2.05) is 0 Å². The maximum Gasteiger partial charge on any atom is 0.273 e. The minimum atomic E-state index is -0.830. The summed E-state index contributed by atoms with van der Waals surface area (Å²) < 4.78 is 13.4. The van der Waals surface area contributed by atoms with E-state index in [9.17, 15) is 19.3 Å². The van der Waals surface area contributed by atoms with Crippen molar-refractivity contribution in [2.75, 3.05) is 18.4 Å². The summed E-state index contributed by atoms with van der Waals surface area (Å²) >= 11 is 1.38. The fraction of sp³-hybridized carbons (Fsp3) is 0.333. The molecule has 2 heterocycles. The molecule has 0 aliphatic carbocycles. The molecule has 1 aliphatic rings. The summed E-state index contributed by atoms with van der Waals surface area (Å²) in [6, 6.07) is 2.78. The second-order valence-corrected chi connectivity index (χ2v) is 6.56. The number of carbonyl (C=O) groups excluding carboxylic acids is 1. The van der Waals surface area contributed by atoms with Crippen LogP contribution in [0, 0.1) is 15.9 Å². The van der Waals surface area contributed by atoms with E-state index in [0.29, 0.717) is 11.0 Å². The molecular weight excluding hydrogens is 335 g/mol. The highest BCUT2D eigenvalue weighted by molar-refractivity contribution is 7.15. The van der Waals surface area contributed by atoms with Crippen LogP contribution in [0.4, 0.5) is 15.2 Å². The topological polar surface area (TPSA) is 97.2 Å². The first-order chi connectivity index (χ1) is 11.5. The van der Waals surface area contributed by atoms with Crippen LogP contribution in [-0.2, 0) is 0 Å². The van der Waals surface area contributed by atoms with Crippen LogP contribution in [0.25, 0.3) is 0 Å². The molecule has 2 N–H and O–H groups in total. The molecule has 1 aliphatic heterocycles. The molecular formula is C15H15FN4O3S. The number of benzene rings is 1. The lowest BCUT2D eigenvalue weighted by molar-refractivity contribution is -0.385. The van der Waals surface area contributed by atoms with Crippen molar-refractivity contribution < 1.29 is 14.1 Å². The highest BCUT2D eigenvalue weighted by atomic mass is 32.1. The van der Waals surface area contributed by atoms with Crippen LogP contribution in [0.3, 0.4) is 0 Å². The Balaban J connectivity index is 1.73. The summed E-state index contributed by atoms with van der Waals surface area (Å²) in [5, 5.41) is 17.0. The van der Waals surface area contributed by atoms with Crippen molar-refractivity contribution in [3.63, 3.8) is 0 Å². The molecule has 1 aromatic carbocycles. The molecule has 3 rings (SSSR count). The number of hydrogen-bond donors (Lipinski definition) is 2. The zero-order valence-corrected chi connectivity index (χ0v) is 13.4. The predicted octanol–water partition coefficient (Wildman–Crippen LogP) is 2.91. The number of amides is 1. The van der Waals surface area contributed by atoms with Gasteiger partial charge in [0.2, 0.25) is 0 Å². The van der Waals surface area contributed by atoms with E-state index < -0.39 is 22.3 Å². The highest BCUT2D eigenvalue weighted by Crippen LogP contribution is 2.31. The Labute approximate surface area is 141 Å². The number of carbonyl (C=O) groups is 1. The molecule has 0 spiro atoms. The molecule has 1 amide bonds. The maximum atomic E-state index is 13.4. The van der Waals surface area contributed by atoms with Gasteiger partial charge in [-0.15, -0.1) is 11.3 Å². The van der Waals surface area contributed by atoms with Crippen molar-refractivity contribution in [1.29, 1.82) is 0 Å². The van der Waals surface area contributed by atoms with E-state index in [1.54, 1.807) is 6.20 Å². The average molecular weight is 350 g/mol. The van der Waals surface area contributed by atoms with E-state index in [4.69, 9.17) is 0 Å². The van der Waals surface area contributed by atoms with Crippen LogP contribution < -0.4 is 10.6 Å². The van der Waals surface area contributed by atoms with E-state index >= 15 is 0 Å². The molecule has 0 bridgehead atoms. The summed E-state index contributed by atoms with van der Waals surface area (Å²) in [4.78, 5) is 27.5. The van der Waals surface area contributed by atoms with Gasteiger partial charge >= 0.3 is 0 Å². The lowest BCUT2D eigenvalue weighted by atomic mass is 9.97. The molecule has 1 fully saturated rings. The van der Waals surface area contributed by atoms with E-state index in [1.165, 1.54) is 11.3 Å². The van der Waals surface area contributed by atoms with Gasteiger partial charge in [0.25, 0.3) is 11.6 Å². The van der Waals surface area contributed by atoms with Crippen LogP contribution >= 0.6 is 11.3 Å². The Bertz CT molecular complexity index is 774. The van der Waals surface area contributed by atoms with Crippen molar-refractivity contribution in [2.24, 2.45) is 0 Å². The molecule has 0 saturated carbocycles. The molecule has 7 nitrogen and oxygen atoms in total. The van der Waals surface area contributed by atoms with Crippen molar-refractivity contribution in [3.8, 4) is 0 Å². The second-order valence-electron chi connectivity index (χ2n) is 5.50. The summed E-state index contributed by atoms with van der Waals surface area (Å²) in [7, 11) is 0. The minimum absolute atomic E-state index is 0.111. The van der Waals surface area contributed by atoms with Crippen LogP contribution in [0.2, 0.25) is 0 Å². The fourth-order valence-electron chi connectivity index (χ4n) is 2.62. The first-order valence-electron chi connectivity index (χ1n) is 7.45. The zero-order chi connectivity index (χ0) is 17.1. The van der Waals surface area contributed by atoms with Gasteiger partial charge in [-0.2, -0.15) is 0 Å². The quantitative estimate of drug-likeness (QED) is 0.653. The summed E-state index contributed by atoms with van der Waals surface area (Å²) in [5.74, 6) is -1.03. The van der Waals surface area contributed by atoms with Crippen LogP contribution in [-0.4, -0.2) is 28.9 Å². The molecule has 0 unspecified atom stereocenters. The van der Waals surface area contributed by atoms with Gasteiger partial charge in [0.1, 0.15) is 5.82 Å². The van der Waals surface area contributed by atoms with Crippen molar-refractivity contribution in [2.45, 2.75) is 18.8 Å². The number of piperidine rings is 1. The normalized spacial score (nSPS) is 15.2. The lowest BCUT2D eigenvalue weighted by Gasteiger charge is -2.20. The molecule has 2 aromatic rings. The molecule has 1 aromatic heterocycles. The fourth-order valence-corrected chi connectivity index (χ4v) is 3.60. The van der Waals surface area contributed by atoms with Gasteiger partial charge < -0.3 is 5.32 Å². The number of nitrogens with zero attached hydrogens (tertiary/aromatic N) is 2. The Morgan fingerprint density at radius 3 is 2.83 bits per heavy atom. The third-order valence-corrected chi connectivity index (χ3v) is 4.92. The standard InChI is InChI=1S/C15H15FN4O3S/c16-11-5-10(6-12(7-11)20(22)23)14(21)19-15-18-8-13(24-15)9-1-3-17-4-2-9/h5-9,17H,1-4H2,(H,18,19,21). The van der Waals surface area contributed by atoms with Crippen molar-refractivity contribution in [1.82, 2.24) is 10.3 Å². The number of halogens is 1. The molecule has 24 heavy (non-hydrogen) atoms. The van der Waals surface area contributed by atoms with E-state index in [-0.39, 0.29) is 5.56 Å². The van der Waals surface area contributed by atoms with Gasteiger partial charge in [0.15, 0.2) is 5.13 Å². The maximum absolute atomic E-state index is 13.4. The number of nitro groups is 1. The molecule has 9 heteroatoms. The minimum Gasteiger partial charge on any atom is -0.317 e. The summed E-state index contributed by atoms with van der Waals surface area (Å²) in [6.07, 6.45) is 3.78. The third kappa shape index (κ3) is 3.74. The van der Waals surface area contributed by atoms with Crippen molar-refractivity contribution >= 4 is 28.1 Å². The van der Waals surface area contributed by atoms with Crippen LogP contribution in [0.5, 0.6) is 0 Å². The van der Waals surface area contributed by atoms with Gasteiger partial charge in [-0.05, 0) is 37.9 Å². The number of hydrogen-bond acceptors (Lipinski definition) is 6. The number of rotatable bonds is 4. The highest BCUT2D eigenvalue weighted by Gasteiger charge is 2.19. The Hall–Kier alpha value is -2.39. The lowest BCUT2D eigenvalue weighted by Crippen LogP contribution is -2.26. The predicted molar refractivity (Wildman–Crippen MR) is 88.0 cm³/mol. The zero-order valence-electron chi connectivity index (χ0n) is 12.6. The summed E-state index contributed by atoms with van der Waals surface area (Å²) in [5.41, 5.74) is -0.574. The van der Waals surface area contributed by atoms with Crippen LogP contribution in [0.15, 0.2) is 24.4 Å². The van der Waals surface area contributed by atoms with E-state index in [2.05, 4.69) is 15.6 Å². The van der Waals surface area contributed by atoms with Gasteiger partial charge in [0.05, 0.1) is 11.0 Å². The van der Waals surface area contributed by atoms with Gasteiger partial charge in [-0.1, -0.05) is 0 Å². The number of thiazole rings is 1. The SMILES string of the molecule is O=C(Nc1ncc(C2CCNCC2)s1)c1cc(F)cc([N+](=O)[O-])c1. The van der Waals surface area contributed by atoms with Gasteiger partial charge in [-0.3, -0.25) is 20.2 Å². The Morgan fingerprint density at radius 2 is 2.12 bits per heavy atom. The summed E-state index contributed by atoms with van der Waals surface area (Å²) in [6.45, 7) is 1.91. The number of non-ortho nitro benzene ring substituents is 1. The molecule has 126 valence electrons. The second kappa shape index (κ2) is 7.02. The first-order valence-corrected chi connectivity index (χ1v) is 8.27.